The number of carbonyl (C=O) groups excluding carboxylic acids is 1. The molecule has 3 rings (SSSR count). The molecule has 0 radical (unpaired) electrons. The average Bonchev–Trinajstić information content (AvgIpc) is 3.18. The van der Waals surface area contributed by atoms with Crippen LogP contribution in [0.5, 0.6) is 0 Å². The number of aromatic nitrogens is 1. The normalized spacial score (nSPS) is 23.3. The Morgan fingerprint density at radius 3 is 2.70 bits per heavy atom. The molecule has 2 fully saturated rings. The predicted molar refractivity (Wildman–Crippen MR) is 90.1 cm³/mol. The highest BCUT2D eigenvalue weighted by molar-refractivity contribution is 7.90. The quantitative estimate of drug-likeness (QED) is 0.893. The van der Waals surface area contributed by atoms with Crippen LogP contribution < -0.4 is 4.72 Å². The van der Waals surface area contributed by atoms with Crippen LogP contribution in [-0.2, 0) is 10.0 Å². The standard InChI is InChI=1S/C15H23N3O3S2/c1-11-14(22-10-16-11)15(19)18-8-4-7-13(9-18)23(20,21)17-12-5-2-3-6-12/h10,12-13,17H,2-9H2,1H3/t13-/m0/s1. The van der Waals surface area contributed by atoms with Crippen LogP contribution in [0, 0.1) is 6.92 Å². The van der Waals surface area contributed by atoms with Crippen LogP contribution in [0.2, 0.25) is 0 Å². The van der Waals surface area contributed by atoms with Crippen molar-refractivity contribution in [3.8, 4) is 0 Å². The van der Waals surface area contributed by atoms with Crippen molar-refractivity contribution in [2.45, 2.75) is 56.7 Å². The number of hydrogen-bond donors (Lipinski definition) is 1. The maximum Gasteiger partial charge on any atom is 0.265 e. The minimum Gasteiger partial charge on any atom is -0.337 e. The Morgan fingerprint density at radius 2 is 2.04 bits per heavy atom. The molecule has 128 valence electrons. The number of amides is 1. The van der Waals surface area contributed by atoms with Gasteiger partial charge in [-0.3, -0.25) is 4.79 Å². The lowest BCUT2D eigenvalue weighted by molar-refractivity contribution is 0.0730. The lowest BCUT2D eigenvalue weighted by Gasteiger charge is -2.32. The molecular weight excluding hydrogens is 334 g/mol. The van der Waals surface area contributed by atoms with Crippen LogP contribution in [0.3, 0.4) is 0 Å². The number of nitrogens with zero attached hydrogens (tertiary/aromatic N) is 2. The predicted octanol–water partition coefficient (Wildman–Crippen LogP) is 1.92. The molecular formula is C15H23N3O3S2. The maximum absolute atomic E-state index is 12.6. The highest BCUT2D eigenvalue weighted by atomic mass is 32.2. The van der Waals surface area contributed by atoms with Gasteiger partial charge in [0.25, 0.3) is 5.91 Å². The van der Waals surface area contributed by atoms with Crippen LogP contribution in [0.25, 0.3) is 0 Å². The first kappa shape index (κ1) is 16.9. The molecule has 1 aromatic heterocycles. The minimum atomic E-state index is -3.37. The van der Waals surface area contributed by atoms with Crippen molar-refractivity contribution < 1.29 is 13.2 Å². The van der Waals surface area contributed by atoms with Gasteiger partial charge in [0.05, 0.1) is 16.5 Å². The summed E-state index contributed by atoms with van der Waals surface area (Å²) in [5.74, 6) is -0.0919. The summed E-state index contributed by atoms with van der Waals surface area (Å²) in [7, 11) is -3.37. The second kappa shape index (κ2) is 6.86. The summed E-state index contributed by atoms with van der Waals surface area (Å²) in [6, 6.07) is 0.0785. The molecule has 0 aromatic carbocycles. The summed E-state index contributed by atoms with van der Waals surface area (Å²) >= 11 is 1.32. The van der Waals surface area contributed by atoms with Gasteiger partial charge < -0.3 is 4.90 Å². The summed E-state index contributed by atoms with van der Waals surface area (Å²) in [5, 5.41) is -0.506. The van der Waals surface area contributed by atoms with Crippen LogP contribution >= 0.6 is 11.3 Å². The van der Waals surface area contributed by atoms with E-state index in [0.29, 0.717) is 23.5 Å². The molecule has 23 heavy (non-hydrogen) atoms. The second-order valence-electron chi connectivity index (χ2n) is 6.43. The topological polar surface area (TPSA) is 79.4 Å². The van der Waals surface area contributed by atoms with E-state index in [1.165, 1.54) is 11.3 Å². The van der Waals surface area contributed by atoms with E-state index in [0.717, 1.165) is 32.1 Å². The van der Waals surface area contributed by atoms with E-state index in [-0.39, 0.29) is 18.5 Å². The van der Waals surface area contributed by atoms with Crippen molar-refractivity contribution in [1.82, 2.24) is 14.6 Å². The second-order valence-corrected chi connectivity index (χ2v) is 9.27. The lowest BCUT2D eigenvalue weighted by Crippen LogP contribution is -2.49. The molecule has 2 heterocycles. The van der Waals surface area contributed by atoms with E-state index < -0.39 is 15.3 Å². The number of thiazole rings is 1. The number of sulfonamides is 1. The van der Waals surface area contributed by atoms with Gasteiger partial charge in [-0.1, -0.05) is 12.8 Å². The third-order valence-corrected chi connectivity index (χ3v) is 7.57. The zero-order valence-electron chi connectivity index (χ0n) is 13.3. The van der Waals surface area contributed by atoms with Gasteiger partial charge in [0.1, 0.15) is 4.88 Å². The average molecular weight is 358 g/mol. The number of aryl methyl sites for hydroxylation is 1. The fourth-order valence-electron chi connectivity index (χ4n) is 3.40. The molecule has 1 aromatic rings. The third-order valence-electron chi connectivity index (χ3n) is 4.73. The van der Waals surface area contributed by atoms with Crippen molar-refractivity contribution in [2.75, 3.05) is 13.1 Å². The molecule has 0 bridgehead atoms. The Kier molecular flexibility index (Phi) is 5.03. The zero-order valence-corrected chi connectivity index (χ0v) is 15.0. The van der Waals surface area contributed by atoms with Crippen molar-refractivity contribution in [2.24, 2.45) is 0 Å². The van der Waals surface area contributed by atoms with E-state index in [1.54, 1.807) is 10.4 Å². The highest BCUT2D eigenvalue weighted by Crippen LogP contribution is 2.24. The van der Waals surface area contributed by atoms with Crippen LogP contribution in [0.4, 0.5) is 0 Å². The SMILES string of the molecule is Cc1ncsc1C(=O)N1CCC[C@H](S(=O)(=O)NC2CCCC2)C1. The smallest absolute Gasteiger partial charge is 0.265 e. The first-order valence-corrected chi connectivity index (χ1v) is 10.6. The summed E-state index contributed by atoms with van der Waals surface area (Å²) in [4.78, 5) is 19.0. The van der Waals surface area contributed by atoms with E-state index in [4.69, 9.17) is 0 Å². The van der Waals surface area contributed by atoms with Crippen LogP contribution in [-0.4, -0.2) is 48.6 Å². The number of carbonyl (C=O) groups is 1. The molecule has 0 spiro atoms. The first-order valence-electron chi connectivity index (χ1n) is 8.18. The minimum absolute atomic E-state index is 0.0785. The molecule has 1 saturated heterocycles. The van der Waals surface area contributed by atoms with Crippen molar-refractivity contribution in [3.63, 3.8) is 0 Å². The lowest BCUT2D eigenvalue weighted by atomic mass is 10.1. The monoisotopic (exact) mass is 357 g/mol. The van der Waals surface area contributed by atoms with E-state index in [9.17, 15) is 13.2 Å². The van der Waals surface area contributed by atoms with Gasteiger partial charge in [0.2, 0.25) is 10.0 Å². The molecule has 1 aliphatic carbocycles. The Morgan fingerprint density at radius 1 is 1.30 bits per heavy atom. The first-order chi connectivity index (χ1) is 11.0. The molecule has 0 unspecified atom stereocenters. The number of hydrogen-bond acceptors (Lipinski definition) is 5. The van der Waals surface area contributed by atoms with Gasteiger partial charge in [-0.05, 0) is 32.6 Å². The van der Waals surface area contributed by atoms with Gasteiger partial charge >= 0.3 is 0 Å². The molecule has 2 aliphatic rings. The molecule has 8 heteroatoms. The largest absolute Gasteiger partial charge is 0.337 e. The number of likely N-dealkylation sites (tertiary alicyclic amines) is 1. The van der Waals surface area contributed by atoms with Gasteiger partial charge in [-0.2, -0.15) is 0 Å². The van der Waals surface area contributed by atoms with Gasteiger partial charge in [-0.15, -0.1) is 11.3 Å². The summed E-state index contributed by atoms with van der Waals surface area (Å²) in [6.07, 6.45) is 5.37. The third kappa shape index (κ3) is 3.75. The van der Waals surface area contributed by atoms with Crippen molar-refractivity contribution in [1.29, 1.82) is 0 Å². The summed E-state index contributed by atoms with van der Waals surface area (Å²) in [5.41, 5.74) is 2.37. The van der Waals surface area contributed by atoms with Gasteiger partial charge in [-0.25, -0.2) is 18.1 Å². The Balaban J connectivity index is 1.68. The molecule has 1 amide bonds. The highest BCUT2D eigenvalue weighted by Gasteiger charge is 2.35. The molecule has 1 N–H and O–H groups in total. The molecule has 1 saturated carbocycles. The van der Waals surface area contributed by atoms with E-state index >= 15 is 0 Å². The number of piperidine rings is 1. The van der Waals surface area contributed by atoms with Gasteiger partial charge in [0.15, 0.2) is 0 Å². The Hall–Kier alpha value is -0.990. The fraction of sp³-hybridized carbons (Fsp3) is 0.733. The van der Waals surface area contributed by atoms with Crippen LogP contribution in [0.1, 0.15) is 53.9 Å². The van der Waals surface area contributed by atoms with Crippen LogP contribution in [0.15, 0.2) is 5.51 Å². The maximum atomic E-state index is 12.6. The summed E-state index contributed by atoms with van der Waals surface area (Å²) in [6.45, 7) is 2.70. The molecule has 6 nitrogen and oxygen atoms in total. The Bertz CT molecular complexity index is 665. The number of nitrogens with one attached hydrogen (secondary N) is 1. The van der Waals surface area contributed by atoms with E-state index in [2.05, 4.69) is 9.71 Å². The molecule has 1 atom stereocenters. The number of rotatable bonds is 4. The van der Waals surface area contributed by atoms with Gasteiger partial charge in [0, 0.05) is 19.1 Å². The Labute approximate surface area is 141 Å². The fourth-order valence-corrected chi connectivity index (χ4v) is 5.91. The molecule has 1 aliphatic heterocycles. The zero-order chi connectivity index (χ0) is 16.4. The summed E-state index contributed by atoms with van der Waals surface area (Å²) < 4.78 is 28.1. The van der Waals surface area contributed by atoms with E-state index in [1.807, 2.05) is 6.92 Å². The van der Waals surface area contributed by atoms with Crippen molar-refractivity contribution >= 4 is 27.3 Å². The van der Waals surface area contributed by atoms with Crippen molar-refractivity contribution in [3.05, 3.63) is 16.1 Å².